The molecule has 1 heterocycles. The number of hydrogen-bond acceptors (Lipinski definition) is 4. The Morgan fingerprint density at radius 3 is 2.71 bits per heavy atom. The van der Waals surface area contributed by atoms with E-state index in [1.807, 2.05) is 11.0 Å². The van der Waals surface area contributed by atoms with Crippen LogP contribution in [0.4, 0.5) is 5.69 Å². The Balaban J connectivity index is 1.73. The van der Waals surface area contributed by atoms with Gasteiger partial charge in [-0.1, -0.05) is 6.07 Å². The van der Waals surface area contributed by atoms with E-state index in [-0.39, 0.29) is 5.75 Å². The monoisotopic (exact) mass is 343 g/mol. The summed E-state index contributed by atoms with van der Waals surface area (Å²) in [6.07, 6.45) is 0. The molecule has 0 bridgehead atoms. The van der Waals surface area contributed by atoms with Crippen molar-refractivity contribution in [3.63, 3.8) is 0 Å². The van der Waals surface area contributed by atoms with Gasteiger partial charge in [0.05, 0.1) is 18.7 Å². The molecule has 0 atom stereocenters. The Morgan fingerprint density at radius 2 is 2.00 bits per heavy atom. The van der Waals surface area contributed by atoms with Crippen LogP contribution < -0.4 is 15.8 Å². The minimum Gasteiger partial charge on any atom is -0.507 e. The minimum absolute atomic E-state index is 0.188. The number of nitrogens with one attached hydrogen (secondary N) is 1. The standard InChI is InChI=1S/C17H17N3O3S/c18-16(22)11-4-6-12(7-5-11)19-17(24)20-8-9-23-15-3-1-2-14(21)13(15)10-20/h1-7,21H,8-10H2,(H2,18,22)(H,19,24). The maximum Gasteiger partial charge on any atom is 0.248 e. The highest BCUT2D eigenvalue weighted by atomic mass is 32.1. The van der Waals surface area contributed by atoms with Crippen LogP contribution in [-0.4, -0.2) is 34.2 Å². The van der Waals surface area contributed by atoms with E-state index in [9.17, 15) is 9.90 Å². The first-order valence-electron chi connectivity index (χ1n) is 7.44. The van der Waals surface area contributed by atoms with Gasteiger partial charge in [0.2, 0.25) is 5.91 Å². The molecule has 0 saturated heterocycles. The number of phenols is 1. The number of benzene rings is 2. The minimum atomic E-state index is -0.471. The van der Waals surface area contributed by atoms with E-state index in [0.717, 1.165) is 5.69 Å². The van der Waals surface area contributed by atoms with Gasteiger partial charge in [-0.3, -0.25) is 4.79 Å². The van der Waals surface area contributed by atoms with Crippen LogP contribution in [-0.2, 0) is 6.54 Å². The van der Waals surface area contributed by atoms with E-state index < -0.39 is 5.91 Å². The van der Waals surface area contributed by atoms with Crippen molar-refractivity contribution in [1.82, 2.24) is 4.90 Å². The van der Waals surface area contributed by atoms with Gasteiger partial charge in [0.1, 0.15) is 18.1 Å². The number of phenolic OH excluding ortho intramolecular Hbond substituents is 1. The Bertz CT molecular complexity index is 777. The van der Waals surface area contributed by atoms with Crippen LogP contribution in [0.3, 0.4) is 0 Å². The van der Waals surface area contributed by atoms with Gasteiger partial charge in [0.25, 0.3) is 0 Å². The number of rotatable bonds is 2. The number of nitrogens with zero attached hydrogens (tertiary/aromatic N) is 1. The van der Waals surface area contributed by atoms with E-state index in [0.29, 0.717) is 41.7 Å². The van der Waals surface area contributed by atoms with E-state index in [4.69, 9.17) is 22.7 Å². The van der Waals surface area contributed by atoms with Crippen LogP contribution in [0.2, 0.25) is 0 Å². The van der Waals surface area contributed by atoms with Gasteiger partial charge >= 0.3 is 0 Å². The molecule has 6 nitrogen and oxygen atoms in total. The number of hydrogen-bond donors (Lipinski definition) is 3. The maximum absolute atomic E-state index is 11.1. The van der Waals surface area contributed by atoms with Gasteiger partial charge in [0.15, 0.2) is 5.11 Å². The van der Waals surface area contributed by atoms with E-state index in [2.05, 4.69) is 5.32 Å². The highest BCUT2D eigenvalue weighted by Gasteiger charge is 2.20. The van der Waals surface area contributed by atoms with Gasteiger partial charge in [-0.25, -0.2) is 0 Å². The largest absolute Gasteiger partial charge is 0.507 e. The molecule has 124 valence electrons. The highest BCUT2D eigenvalue weighted by molar-refractivity contribution is 7.80. The molecule has 0 spiro atoms. The summed E-state index contributed by atoms with van der Waals surface area (Å²) in [5.41, 5.74) is 7.13. The third kappa shape index (κ3) is 3.41. The molecule has 0 aliphatic carbocycles. The number of carbonyl (C=O) groups excluding carboxylic acids is 1. The summed E-state index contributed by atoms with van der Waals surface area (Å²) in [7, 11) is 0. The Labute approximate surface area is 144 Å². The first-order chi connectivity index (χ1) is 11.5. The lowest BCUT2D eigenvalue weighted by Crippen LogP contribution is -2.35. The smallest absolute Gasteiger partial charge is 0.248 e. The summed E-state index contributed by atoms with van der Waals surface area (Å²) < 4.78 is 5.66. The quantitative estimate of drug-likeness (QED) is 0.724. The second kappa shape index (κ2) is 6.76. The molecular weight excluding hydrogens is 326 g/mol. The lowest BCUT2D eigenvalue weighted by Gasteiger charge is -2.23. The molecule has 1 amide bonds. The van der Waals surface area contributed by atoms with Crippen molar-refractivity contribution in [3.05, 3.63) is 53.6 Å². The summed E-state index contributed by atoms with van der Waals surface area (Å²) >= 11 is 5.46. The van der Waals surface area contributed by atoms with Crippen LogP contribution in [0, 0.1) is 0 Å². The molecule has 2 aromatic carbocycles. The van der Waals surface area contributed by atoms with Gasteiger partial charge < -0.3 is 25.8 Å². The molecule has 4 N–H and O–H groups in total. The van der Waals surface area contributed by atoms with Crippen LogP contribution in [0.15, 0.2) is 42.5 Å². The lowest BCUT2D eigenvalue weighted by atomic mass is 10.1. The number of aromatic hydroxyl groups is 1. The van der Waals surface area contributed by atoms with Crippen LogP contribution in [0.25, 0.3) is 0 Å². The molecule has 24 heavy (non-hydrogen) atoms. The molecule has 2 aromatic rings. The fourth-order valence-corrected chi connectivity index (χ4v) is 2.75. The van der Waals surface area contributed by atoms with Crippen molar-refractivity contribution in [3.8, 4) is 11.5 Å². The zero-order chi connectivity index (χ0) is 17.1. The molecule has 7 heteroatoms. The summed E-state index contributed by atoms with van der Waals surface area (Å²) in [6.45, 7) is 1.52. The number of primary amides is 1. The second-order valence-corrected chi connectivity index (χ2v) is 5.78. The first-order valence-corrected chi connectivity index (χ1v) is 7.85. The van der Waals surface area contributed by atoms with Crippen molar-refractivity contribution in [1.29, 1.82) is 0 Å². The summed E-state index contributed by atoms with van der Waals surface area (Å²) in [4.78, 5) is 13.0. The van der Waals surface area contributed by atoms with Gasteiger partial charge in [-0.15, -0.1) is 0 Å². The molecular formula is C17H17N3O3S. The van der Waals surface area contributed by atoms with E-state index >= 15 is 0 Å². The lowest BCUT2D eigenvalue weighted by molar-refractivity contribution is 0.100. The molecule has 0 radical (unpaired) electrons. The van der Waals surface area contributed by atoms with Crippen LogP contribution in [0.5, 0.6) is 11.5 Å². The fourth-order valence-electron chi connectivity index (χ4n) is 2.48. The Kier molecular flexibility index (Phi) is 4.52. The van der Waals surface area contributed by atoms with Crippen molar-refractivity contribution in [2.24, 2.45) is 5.73 Å². The average Bonchev–Trinajstić information content (AvgIpc) is 2.79. The zero-order valence-electron chi connectivity index (χ0n) is 12.9. The first kappa shape index (κ1) is 16.1. The normalized spacial score (nSPS) is 13.4. The molecule has 0 saturated carbocycles. The predicted octanol–water partition coefficient (Wildman–Crippen LogP) is 2.08. The summed E-state index contributed by atoms with van der Waals surface area (Å²) in [5.74, 6) is 0.389. The number of fused-ring (bicyclic) bond motifs is 1. The number of ether oxygens (including phenoxy) is 1. The van der Waals surface area contributed by atoms with Crippen LogP contribution >= 0.6 is 12.2 Å². The molecule has 0 aromatic heterocycles. The third-order valence-corrected chi connectivity index (χ3v) is 4.14. The number of carbonyl (C=O) groups is 1. The van der Waals surface area contributed by atoms with Crippen molar-refractivity contribution < 1.29 is 14.6 Å². The van der Waals surface area contributed by atoms with Crippen molar-refractivity contribution in [2.45, 2.75) is 6.54 Å². The average molecular weight is 343 g/mol. The van der Waals surface area contributed by atoms with Gasteiger partial charge in [-0.2, -0.15) is 0 Å². The Morgan fingerprint density at radius 1 is 1.25 bits per heavy atom. The third-order valence-electron chi connectivity index (χ3n) is 3.78. The Hall–Kier alpha value is -2.80. The van der Waals surface area contributed by atoms with Crippen LogP contribution in [0.1, 0.15) is 15.9 Å². The molecule has 0 unspecified atom stereocenters. The maximum atomic E-state index is 11.1. The number of amides is 1. The van der Waals surface area contributed by atoms with Gasteiger partial charge in [-0.05, 0) is 48.6 Å². The van der Waals surface area contributed by atoms with E-state index in [1.165, 1.54) is 0 Å². The molecule has 1 aliphatic rings. The number of anilines is 1. The summed E-state index contributed by atoms with van der Waals surface area (Å²) in [5, 5.41) is 13.7. The SMILES string of the molecule is NC(=O)c1ccc(NC(=S)N2CCOc3cccc(O)c3C2)cc1. The highest BCUT2D eigenvalue weighted by Crippen LogP contribution is 2.30. The number of thiocarbonyl (C=S) groups is 1. The van der Waals surface area contributed by atoms with Crippen molar-refractivity contribution in [2.75, 3.05) is 18.5 Å². The fraction of sp³-hybridized carbons (Fsp3) is 0.176. The van der Waals surface area contributed by atoms with Crippen molar-refractivity contribution >= 4 is 28.9 Å². The second-order valence-electron chi connectivity index (χ2n) is 5.40. The predicted molar refractivity (Wildman–Crippen MR) is 95.2 cm³/mol. The zero-order valence-corrected chi connectivity index (χ0v) is 13.7. The molecule has 3 rings (SSSR count). The topological polar surface area (TPSA) is 87.8 Å². The molecule has 1 aliphatic heterocycles. The number of nitrogens with two attached hydrogens (primary N) is 1. The summed E-state index contributed by atoms with van der Waals surface area (Å²) in [6, 6.07) is 12.0. The molecule has 0 fully saturated rings. The van der Waals surface area contributed by atoms with Gasteiger partial charge in [0, 0.05) is 11.3 Å². The van der Waals surface area contributed by atoms with E-state index in [1.54, 1.807) is 36.4 Å².